The first kappa shape index (κ1) is 21.6. The number of aryl methyl sites for hydroxylation is 1. The second kappa shape index (κ2) is 7.96. The lowest BCUT2D eigenvalue weighted by Gasteiger charge is -2.09. The van der Waals surface area contributed by atoms with Crippen molar-refractivity contribution in [3.63, 3.8) is 0 Å². The van der Waals surface area contributed by atoms with E-state index in [1.165, 1.54) is 31.2 Å². The van der Waals surface area contributed by atoms with Crippen LogP contribution in [-0.2, 0) is 14.6 Å². The number of hydrogen-bond acceptors (Lipinski definition) is 6. The zero-order valence-electron chi connectivity index (χ0n) is 18.5. The van der Waals surface area contributed by atoms with Gasteiger partial charge in [0.2, 0.25) is 15.7 Å². The SMILES string of the molecule is CC(=O)Nc1ccc(S(=O)(=O)c2c(N)n(-c3ccc(C)cc3)c3nc4ccccc4nc23)cc1. The van der Waals surface area contributed by atoms with E-state index in [2.05, 4.69) is 10.3 Å². The molecule has 2 aromatic heterocycles. The van der Waals surface area contributed by atoms with Crippen molar-refractivity contribution < 1.29 is 13.2 Å². The maximum Gasteiger partial charge on any atom is 0.221 e. The van der Waals surface area contributed by atoms with Crippen LogP contribution >= 0.6 is 0 Å². The molecule has 0 unspecified atom stereocenters. The summed E-state index contributed by atoms with van der Waals surface area (Å²) in [6.07, 6.45) is 0. The number of nitrogens with zero attached hydrogens (tertiary/aromatic N) is 3. The lowest BCUT2D eigenvalue weighted by Crippen LogP contribution is -2.08. The molecule has 9 heteroatoms. The predicted molar refractivity (Wildman–Crippen MR) is 132 cm³/mol. The fourth-order valence-corrected chi connectivity index (χ4v) is 5.38. The Morgan fingerprint density at radius 1 is 0.912 bits per heavy atom. The molecule has 3 N–H and O–H groups in total. The number of benzene rings is 3. The summed E-state index contributed by atoms with van der Waals surface area (Å²) in [5.41, 5.74) is 10.5. The quantitative estimate of drug-likeness (QED) is 0.404. The highest BCUT2D eigenvalue weighted by atomic mass is 32.2. The van der Waals surface area contributed by atoms with E-state index in [9.17, 15) is 13.2 Å². The molecule has 0 atom stereocenters. The van der Waals surface area contributed by atoms with Gasteiger partial charge in [0.05, 0.1) is 15.9 Å². The minimum absolute atomic E-state index is 0.0279. The number of sulfone groups is 1. The smallest absolute Gasteiger partial charge is 0.221 e. The number of hydrogen-bond donors (Lipinski definition) is 2. The molecule has 2 heterocycles. The van der Waals surface area contributed by atoms with E-state index >= 15 is 0 Å². The molecule has 0 bridgehead atoms. The number of rotatable bonds is 4. The first-order valence-corrected chi connectivity index (χ1v) is 12.0. The van der Waals surface area contributed by atoms with Gasteiger partial charge in [-0.25, -0.2) is 18.4 Å². The van der Waals surface area contributed by atoms with Crippen LogP contribution in [-0.4, -0.2) is 28.9 Å². The highest BCUT2D eigenvalue weighted by molar-refractivity contribution is 7.92. The van der Waals surface area contributed by atoms with Crippen molar-refractivity contribution in [1.82, 2.24) is 14.5 Å². The number of amides is 1. The van der Waals surface area contributed by atoms with Gasteiger partial charge in [-0.05, 0) is 55.5 Å². The van der Waals surface area contributed by atoms with Gasteiger partial charge in [-0.1, -0.05) is 29.8 Å². The summed E-state index contributed by atoms with van der Waals surface area (Å²) in [5, 5.41) is 2.63. The molecule has 0 radical (unpaired) electrons. The Morgan fingerprint density at radius 3 is 2.15 bits per heavy atom. The third kappa shape index (κ3) is 3.56. The minimum atomic E-state index is -4.07. The fraction of sp³-hybridized carbons (Fsp3) is 0.0800. The second-order valence-electron chi connectivity index (χ2n) is 7.98. The normalized spacial score (nSPS) is 11.7. The predicted octanol–water partition coefficient (Wildman–Crippen LogP) is 4.26. The lowest BCUT2D eigenvalue weighted by atomic mass is 10.2. The maximum absolute atomic E-state index is 13.8. The molecule has 5 rings (SSSR count). The number of anilines is 2. The minimum Gasteiger partial charge on any atom is -0.384 e. The Hall–Kier alpha value is -4.24. The lowest BCUT2D eigenvalue weighted by molar-refractivity contribution is -0.114. The fourth-order valence-electron chi connectivity index (χ4n) is 3.89. The molecular weight excluding hydrogens is 450 g/mol. The van der Waals surface area contributed by atoms with Crippen LogP contribution in [0.5, 0.6) is 0 Å². The third-order valence-corrected chi connectivity index (χ3v) is 7.33. The van der Waals surface area contributed by atoms with Gasteiger partial charge >= 0.3 is 0 Å². The number of carbonyl (C=O) groups excluding carboxylic acids is 1. The van der Waals surface area contributed by atoms with Crippen molar-refractivity contribution in [3.8, 4) is 5.69 Å². The standard InChI is InChI=1S/C25H21N5O3S/c1-15-7-11-18(12-8-15)30-24(26)23(22-25(30)29-21-6-4-3-5-20(21)28-22)34(32,33)19-13-9-17(10-14-19)27-16(2)31/h3-14H,26H2,1-2H3,(H,27,31). The zero-order valence-corrected chi connectivity index (χ0v) is 19.3. The van der Waals surface area contributed by atoms with Gasteiger partial charge in [-0.3, -0.25) is 9.36 Å². The van der Waals surface area contributed by atoms with Crippen LogP contribution in [0.4, 0.5) is 11.5 Å². The number of nitrogens with one attached hydrogen (secondary N) is 1. The van der Waals surface area contributed by atoms with Gasteiger partial charge in [0.1, 0.15) is 16.2 Å². The van der Waals surface area contributed by atoms with Crippen LogP contribution in [0, 0.1) is 6.92 Å². The van der Waals surface area contributed by atoms with E-state index in [-0.39, 0.29) is 27.0 Å². The van der Waals surface area contributed by atoms with Crippen molar-refractivity contribution >= 4 is 49.4 Å². The van der Waals surface area contributed by atoms with Crippen molar-refractivity contribution in [1.29, 1.82) is 0 Å². The monoisotopic (exact) mass is 471 g/mol. The summed E-state index contributed by atoms with van der Waals surface area (Å²) in [5.74, 6) is -0.219. The largest absolute Gasteiger partial charge is 0.384 e. The Labute approximate surface area is 196 Å². The van der Waals surface area contributed by atoms with E-state index < -0.39 is 9.84 Å². The summed E-state index contributed by atoms with van der Waals surface area (Å²) in [7, 11) is -4.07. The summed E-state index contributed by atoms with van der Waals surface area (Å²) in [4.78, 5) is 20.6. The number of fused-ring (bicyclic) bond motifs is 2. The molecule has 170 valence electrons. The molecule has 0 saturated heterocycles. The zero-order chi connectivity index (χ0) is 24.0. The van der Waals surface area contributed by atoms with Crippen LogP contribution in [0.1, 0.15) is 12.5 Å². The Kier molecular flexibility index (Phi) is 5.06. The van der Waals surface area contributed by atoms with Crippen LogP contribution in [0.15, 0.2) is 82.6 Å². The molecule has 3 aromatic carbocycles. The van der Waals surface area contributed by atoms with Crippen LogP contribution in [0.25, 0.3) is 27.9 Å². The molecule has 0 aliphatic heterocycles. The second-order valence-corrected chi connectivity index (χ2v) is 9.87. The van der Waals surface area contributed by atoms with E-state index in [0.717, 1.165) is 5.56 Å². The van der Waals surface area contributed by atoms with Gasteiger partial charge < -0.3 is 11.1 Å². The molecule has 0 aliphatic rings. The van der Waals surface area contributed by atoms with Gasteiger partial charge in [0.25, 0.3) is 0 Å². The topological polar surface area (TPSA) is 120 Å². The van der Waals surface area contributed by atoms with Crippen LogP contribution in [0.3, 0.4) is 0 Å². The molecular formula is C25H21N5O3S. The van der Waals surface area contributed by atoms with Gasteiger partial charge in [0.15, 0.2) is 5.65 Å². The number of aromatic nitrogens is 3. The molecule has 5 aromatic rings. The van der Waals surface area contributed by atoms with Gasteiger partial charge in [-0.2, -0.15) is 0 Å². The summed E-state index contributed by atoms with van der Waals surface area (Å²) in [6.45, 7) is 3.35. The molecule has 34 heavy (non-hydrogen) atoms. The average Bonchev–Trinajstić information content (AvgIpc) is 3.09. The molecule has 1 amide bonds. The van der Waals surface area contributed by atoms with Crippen LogP contribution < -0.4 is 11.1 Å². The third-order valence-electron chi connectivity index (χ3n) is 5.50. The number of nitrogen functional groups attached to an aromatic ring is 1. The van der Waals surface area contributed by atoms with Crippen LogP contribution in [0.2, 0.25) is 0 Å². The van der Waals surface area contributed by atoms with Crippen molar-refractivity contribution in [3.05, 3.63) is 78.4 Å². The highest BCUT2D eigenvalue weighted by Crippen LogP contribution is 2.37. The first-order chi connectivity index (χ1) is 16.3. The van der Waals surface area contributed by atoms with E-state index in [1.54, 1.807) is 10.6 Å². The van der Waals surface area contributed by atoms with Gasteiger partial charge in [-0.15, -0.1) is 0 Å². The number of para-hydroxylation sites is 2. The number of nitrogens with two attached hydrogens (primary N) is 1. The summed E-state index contributed by atoms with van der Waals surface area (Å²) in [6, 6.07) is 20.8. The van der Waals surface area contributed by atoms with Crippen molar-refractivity contribution in [2.45, 2.75) is 23.6 Å². The van der Waals surface area contributed by atoms with E-state index in [1.807, 2.05) is 49.4 Å². The summed E-state index contributed by atoms with van der Waals surface area (Å²) < 4.78 is 29.2. The molecule has 0 aliphatic carbocycles. The van der Waals surface area contributed by atoms with Gasteiger partial charge in [0, 0.05) is 18.3 Å². The Bertz CT molecular complexity index is 1670. The summed E-state index contributed by atoms with van der Waals surface area (Å²) >= 11 is 0. The molecule has 0 fully saturated rings. The highest BCUT2D eigenvalue weighted by Gasteiger charge is 2.30. The van der Waals surface area contributed by atoms with E-state index in [0.29, 0.717) is 28.1 Å². The molecule has 0 saturated carbocycles. The van der Waals surface area contributed by atoms with Crippen molar-refractivity contribution in [2.75, 3.05) is 11.1 Å². The average molecular weight is 472 g/mol. The molecule has 8 nitrogen and oxygen atoms in total. The maximum atomic E-state index is 13.8. The number of carbonyl (C=O) groups is 1. The molecule has 0 spiro atoms. The Morgan fingerprint density at radius 2 is 1.53 bits per heavy atom. The van der Waals surface area contributed by atoms with Crippen molar-refractivity contribution in [2.24, 2.45) is 0 Å². The first-order valence-electron chi connectivity index (χ1n) is 10.5. The Balaban J connectivity index is 1.79. The van der Waals surface area contributed by atoms with E-state index in [4.69, 9.17) is 10.7 Å².